The van der Waals surface area contributed by atoms with Gasteiger partial charge in [0.1, 0.15) is 0 Å². The molecule has 3 unspecified atom stereocenters. The van der Waals surface area contributed by atoms with Crippen molar-refractivity contribution in [3.05, 3.63) is 0 Å². The van der Waals surface area contributed by atoms with E-state index < -0.39 is 11.9 Å². The highest BCUT2D eigenvalue weighted by molar-refractivity contribution is 5.89. The van der Waals surface area contributed by atoms with Crippen LogP contribution < -0.4 is 0 Å². The molecule has 0 bridgehead atoms. The lowest BCUT2D eigenvalue weighted by atomic mass is 10.2. The van der Waals surface area contributed by atoms with Crippen LogP contribution in [0.15, 0.2) is 0 Å². The molecule has 2 rings (SSSR count). The van der Waals surface area contributed by atoms with Crippen molar-refractivity contribution in [1.82, 2.24) is 9.80 Å². The molecule has 0 radical (unpaired) electrons. The molecule has 1 N–H and O–H groups in total. The van der Waals surface area contributed by atoms with E-state index in [1.807, 2.05) is 0 Å². The van der Waals surface area contributed by atoms with Crippen LogP contribution in [0, 0.1) is 11.8 Å². The zero-order chi connectivity index (χ0) is 13.3. The first-order valence-corrected chi connectivity index (χ1v) is 6.76. The summed E-state index contributed by atoms with van der Waals surface area (Å²) in [6.07, 6.45) is 2.85. The van der Waals surface area contributed by atoms with E-state index in [4.69, 9.17) is 5.11 Å². The maximum absolute atomic E-state index is 12.0. The van der Waals surface area contributed by atoms with E-state index in [-0.39, 0.29) is 11.8 Å². The second-order valence-electron chi connectivity index (χ2n) is 5.43. The van der Waals surface area contributed by atoms with Crippen molar-refractivity contribution in [3.8, 4) is 0 Å². The van der Waals surface area contributed by atoms with Gasteiger partial charge in [0, 0.05) is 19.6 Å². The third kappa shape index (κ3) is 2.66. The number of likely N-dealkylation sites (N-methyl/N-ethyl adjacent to an activating group) is 2. The second kappa shape index (κ2) is 5.26. The second-order valence-corrected chi connectivity index (χ2v) is 5.43. The molecule has 1 saturated heterocycles. The van der Waals surface area contributed by atoms with Crippen molar-refractivity contribution in [1.29, 1.82) is 0 Å². The van der Waals surface area contributed by atoms with E-state index in [2.05, 4.69) is 11.8 Å². The molecule has 1 aliphatic heterocycles. The fourth-order valence-electron chi connectivity index (χ4n) is 2.95. The van der Waals surface area contributed by atoms with Crippen LogP contribution in [0.4, 0.5) is 0 Å². The van der Waals surface area contributed by atoms with E-state index in [1.54, 1.807) is 11.9 Å². The van der Waals surface area contributed by atoms with Gasteiger partial charge in [0.2, 0.25) is 5.91 Å². The standard InChI is InChI=1S/C13H22N2O3/c1-3-15-6-4-5-9(15)8-14(2)12(16)10-7-11(10)13(17)18/h9-11H,3-8H2,1-2H3,(H,17,18). The van der Waals surface area contributed by atoms with Gasteiger partial charge in [0.25, 0.3) is 0 Å². The Morgan fingerprint density at radius 1 is 1.39 bits per heavy atom. The molecule has 102 valence electrons. The fourth-order valence-corrected chi connectivity index (χ4v) is 2.95. The van der Waals surface area contributed by atoms with Gasteiger partial charge in [-0.1, -0.05) is 6.92 Å². The van der Waals surface area contributed by atoms with Crippen molar-refractivity contribution < 1.29 is 14.7 Å². The highest BCUT2D eigenvalue weighted by atomic mass is 16.4. The molecular formula is C13H22N2O3. The minimum atomic E-state index is -0.835. The van der Waals surface area contributed by atoms with E-state index in [9.17, 15) is 9.59 Å². The maximum atomic E-state index is 12.0. The average molecular weight is 254 g/mol. The van der Waals surface area contributed by atoms with Crippen molar-refractivity contribution >= 4 is 11.9 Å². The summed E-state index contributed by atoms with van der Waals surface area (Å²) < 4.78 is 0. The minimum Gasteiger partial charge on any atom is -0.481 e. The van der Waals surface area contributed by atoms with Crippen molar-refractivity contribution in [2.75, 3.05) is 26.7 Å². The van der Waals surface area contributed by atoms with Gasteiger partial charge >= 0.3 is 5.97 Å². The number of nitrogens with zero attached hydrogens (tertiary/aromatic N) is 2. The molecule has 1 aliphatic carbocycles. The normalized spacial score (nSPS) is 31.3. The monoisotopic (exact) mass is 254 g/mol. The van der Waals surface area contributed by atoms with Gasteiger partial charge < -0.3 is 10.0 Å². The first-order valence-electron chi connectivity index (χ1n) is 6.76. The number of hydrogen-bond acceptors (Lipinski definition) is 3. The molecular weight excluding hydrogens is 232 g/mol. The zero-order valence-corrected chi connectivity index (χ0v) is 11.1. The van der Waals surface area contributed by atoms with Gasteiger partial charge in [0.15, 0.2) is 0 Å². The van der Waals surface area contributed by atoms with Gasteiger partial charge in [-0.05, 0) is 32.4 Å². The molecule has 1 heterocycles. The Balaban J connectivity index is 1.83. The van der Waals surface area contributed by atoms with Crippen LogP contribution in [-0.4, -0.2) is 59.5 Å². The summed E-state index contributed by atoms with van der Waals surface area (Å²) in [4.78, 5) is 26.9. The molecule has 5 nitrogen and oxygen atoms in total. The quantitative estimate of drug-likeness (QED) is 0.782. The fraction of sp³-hybridized carbons (Fsp3) is 0.846. The summed E-state index contributed by atoms with van der Waals surface area (Å²) in [6, 6.07) is 0.450. The first kappa shape index (κ1) is 13.3. The molecule has 0 spiro atoms. The van der Waals surface area contributed by atoms with E-state index in [0.717, 1.165) is 26.1 Å². The zero-order valence-electron chi connectivity index (χ0n) is 11.1. The van der Waals surface area contributed by atoms with Gasteiger partial charge in [-0.25, -0.2) is 0 Å². The number of carboxylic acid groups (broad SMARTS) is 1. The van der Waals surface area contributed by atoms with Crippen LogP contribution in [-0.2, 0) is 9.59 Å². The van der Waals surface area contributed by atoms with Gasteiger partial charge in [-0.3, -0.25) is 14.5 Å². The molecule has 2 fully saturated rings. The molecule has 1 saturated carbocycles. The van der Waals surface area contributed by atoms with E-state index in [1.165, 1.54) is 6.42 Å². The lowest BCUT2D eigenvalue weighted by Crippen LogP contribution is -2.41. The van der Waals surface area contributed by atoms with Gasteiger partial charge in [-0.15, -0.1) is 0 Å². The summed E-state index contributed by atoms with van der Waals surface area (Å²) >= 11 is 0. The Labute approximate surface area is 108 Å². The summed E-state index contributed by atoms with van der Waals surface area (Å²) in [5, 5.41) is 8.84. The van der Waals surface area contributed by atoms with Gasteiger partial charge in [-0.2, -0.15) is 0 Å². The average Bonchev–Trinajstić information content (AvgIpc) is 3.02. The summed E-state index contributed by atoms with van der Waals surface area (Å²) in [7, 11) is 1.80. The Morgan fingerprint density at radius 2 is 2.11 bits per heavy atom. The van der Waals surface area contributed by atoms with Crippen LogP contribution in [0.2, 0.25) is 0 Å². The summed E-state index contributed by atoms with van der Waals surface area (Å²) in [5.74, 6) is -1.54. The Bertz CT molecular complexity index is 345. The third-order valence-electron chi connectivity index (χ3n) is 4.19. The number of hydrogen-bond donors (Lipinski definition) is 1. The Hall–Kier alpha value is -1.10. The molecule has 0 aromatic rings. The van der Waals surface area contributed by atoms with E-state index in [0.29, 0.717) is 12.5 Å². The molecule has 0 aromatic heterocycles. The number of likely N-dealkylation sites (tertiary alicyclic amines) is 1. The number of carbonyl (C=O) groups excluding carboxylic acids is 1. The van der Waals surface area contributed by atoms with Crippen LogP contribution in [0.1, 0.15) is 26.2 Å². The predicted octanol–water partition coefficient (Wildman–Crippen LogP) is 0.650. The van der Waals surface area contributed by atoms with Crippen LogP contribution >= 0.6 is 0 Å². The lowest BCUT2D eigenvalue weighted by Gasteiger charge is -2.27. The van der Waals surface area contributed by atoms with Crippen molar-refractivity contribution in [3.63, 3.8) is 0 Å². The summed E-state index contributed by atoms with van der Waals surface area (Å²) in [5.41, 5.74) is 0. The van der Waals surface area contributed by atoms with Crippen LogP contribution in [0.3, 0.4) is 0 Å². The smallest absolute Gasteiger partial charge is 0.307 e. The van der Waals surface area contributed by atoms with Crippen molar-refractivity contribution in [2.24, 2.45) is 11.8 Å². The lowest BCUT2D eigenvalue weighted by molar-refractivity contribution is -0.141. The molecule has 3 atom stereocenters. The number of carbonyl (C=O) groups is 2. The predicted molar refractivity (Wildman–Crippen MR) is 67.1 cm³/mol. The number of amides is 1. The topological polar surface area (TPSA) is 60.9 Å². The van der Waals surface area contributed by atoms with E-state index >= 15 is 0 Å². The number of rotatable bonds is 5. The summed E-state index contributed by atoms with van der Waals surface area (Å²) in [6.45, 7) is 5.01. The molecule has 18 heavy (non-hydrogen) atoms. The first-order chi connectivity index (χ1) is 8.54. The number of aliphatic carboxylic acids is 1. The Morgan fingerprint density at radius 3 is 2.67 bits per heavy atom. The molecule has 1 amide bonds. The van der Waals surface area contributed by atoms with Gasteiger partial charge in [0.05, 0.1) is 11.8 Å². The largest absolute Gasteiger partial charge is 0.481 e. The third-order valence-corrected chi connectivity index (χ3v) is 4.19. The minimum absolute atomic E-state index is 0.00496. The highest BCUT2D eigenvalue weighted by Gasteiger charge is 2.49. The molecule has 0 aromatic carbocycles. The SMILES string of the molecule is CCN1CCCC1CN(C)C(=O)C1CC1C(=O)O. The molecule has 5 heteroatoms. The Kier molecular flexibility index (Phi) is 3.90. The number of carboxylic acids is 1. The molecule has 2 aliphatic rings. The van der Waals surface area contributed by atoms with Crippen LogP contribution in [0.25, 0.3) is 0 Å². The van der Waals surface area contributed by atoms with Crippen molar-refractivity contribution in [2.45, 2.75) is 32.2 Å². The maximum Gasteiger partial charge on any atom is 0.307 e. The van der Waals surface area contributed by atoms with Crippen LogP contribution in [0.5, 0.6) is 0 Å². The highest BCUT2D eigenvalue weighted by Crippen LogP contribution is 2.40.